The van der Waals surface area contributed by atoms with Gasteiger partial charge in [0.2, 0.25) is 0 Å². The second kappa shape index (κ2) is 12.6. The normalized spacial score (nSPS) is 9.37. The summed E-state index contributed by atoms with van der Waals surface area (Å²) < 4.78 is 5.97. The van der Waals surface area contributed by atoms with E-state index < -0.39 is 11.9 Å². The molecule has 0 spiro atoms. The number of carboxylic acid groups (broad SMARTS) is 1. The van der Waals surface area contributed by atoms with Crippen molar-refractivity contribution < 1.29 is 30.3 Å². The van der Waals surface area contributed by atoms with Gasteiger partial charge in [-0.15, -0.1) is 0 Å². The molecule has 10 heteroatoms. The first-order valence-electron chi connectivity index (χ1n) is 7.11. The summed E-state index contributed by atoms with van der Waals surface area (Å²) in [6.45, 7) is 2.06. The maximum Gasteiger partial charge on any atom is 0.339 e. The zero-order valence-corrected chi connectivity index (χ0v) is 21.0. The average molecular weight is 635 g/mol. The quantitative estimate of drug-likeness (QED) is 0.299. The van der Waals surface area contributed by atoms with E-state index in [1.807, 2.05) is 18.2 Å². The summed E-state index contributed by atoms with van der Waals surface area (Å²) >= 11 is 12.6. The highest BCUT2D eigenvalue weighted by molar-refractivity contribution is 9.15. The van der Waals surface area contributed by atoms with Gasteiger partial charge in [-0.1, -0.05) is 18.2 Å². The van der Waals surface area contributed by atoms with Crippen molar-refractivity contribution >= 4 is 81.3 Å². The molecule has 148 valence electrons. The van der Waals surface area contributed by atoms with E-state index >= 15 is 0 Å². The number of carboxylic acids is 1. The fraction of sp³-hybridized carbons (Fsp3) is 0.176. The molecule has 0 amide bonds. The maximum absolute atomic E-state index is 11.6. The van der Waals surface area contributed by atoms with Crippen LogP contribution in [-0.4, -0.2) is 31.3 Å². The topological polar surface area (TPSA) is 114 Å². The van der Waals surface area contributed by atoms with Gasteiger partial charge in [-0.2, -0.15) is 0 Å². The first-order chi connectivity index (χ1) is 12.6. The van der Waals surface area contributed by atoms with Crippen LogP contribution in [0.5, 0.6) is 0 Å². The van der Waals surface area contributed by atoms with Gasteiger partial charge in [0.15, 0.2) is 0 Å². The van der Waals surface area contributed by atoms with Crippen LogP contribution in [0.1, 0.15) is 26.3 Å². The molecule has 0 heterocycles. The fourth-order valence-corrected chi connectivity index (χ4v) is 4.17. The first kappa shape index (κ1) is 26.2. The van der Waals surface area contributed by atoms with Crippen LogP contribution in [-0.2, 0) is 4.74 Å². The van der Waals surface area contributed by atoms with Crippen molar-refractivity contribution in [2.45, 2.75) is 6.92 Å². The molecule has 2 rings (SSSR count). The van der Waals surface area contributed by atoms with Crippen LogP contribution in [0.3, 0.4) is 0 Å². The molecular formula is C17H17Br4NO5. The van der Waals surface area contributed by atoms with Gasteiger partial charge in [0.1, 0.15) is 5.69 Å². The molecule has 0 fully saturated rings. The number of ether oxygens (including phenoxy) is 1. The lowest BCUT2D eigenvalue weighted by atomic mass is 10.1. The Bertz CT molecular complexity index is 806. The SMILES string of the molecule is CO.COC(=O)c1c(Br)c(Br)c(Br)c(Br)c1C(=O)[O-].Cc1ccccc1[NH3+]. The number of carbonyl (C=O) groups is 2. The number of benzene rings is 2. The predicted molar refractivity (Wildman–Crippen MR) is 115 cm³/mol. The Kier molecular flexibility index (Phi) is 12.3. The Morgan fingerprint density at radius 3 is 1.74 bits per heavy atom. The molecule has 27 heavy (non-hydrogen) atoms. The van der Waals surface area contributed by atoms with Gasteiger partial charge in [0.05, 0.1) is 18.6 Å². The summed E-state index contributed by atoms with van der Waals surface area (Å²) in [6.07, 6.45) is 0. The monoisotopic (exact) mass is 631 g/mol. The highest BCUT2D eigenvalue weighted by atomic mass is 79.9. The standard InChI is InChI=1S/C9H4Br4O4.C7H9N.CH4O/c1-17-9(16)3-2(8(14)15)4(10)6(12)7(13)5(3)11;1-6-4-2-3-5-7(6)8;1-2/h1H3,(H,14,15);2-5H,8H2,1H3;2H,1H3. The van der Waals surface area contributed by atoms with Crippen molar-refractivity contribution in [1.82, 2.24) is 0 Å². The number of aliphatic hydroxyl groups excluding tert-OH is 1. The van der Waals surface area contributed by atoms with Crippen molar-refractivity contribution in [3.05, 3.63) is 58.8 Å². The number of halogens is 4. The number of rotatable bonds is 2. The van der Waals surface area contributed by atoms with E-state index in [0.29, 0.717) is 8.95 Å². The molecule has 2 aromatic rings. The van der Waals surface area contributed by atoms with E-state index in [2.05, 4.69) is 87.2 Å². The number of esters is 1. The number of methoxy groups -OCH3 is 1. The molecule has 0 aliphatic heterocycles. The van der Waals surface area contributed by atoms with E-state index in [0.717, 1.165) is 19.9 Å². The summed E-state index contributed by atoms with van der Waals surface area (Å²) in [6, 6.07) is 8.08. The molecule has 0 bridgehead atoms. The third-order valence-corrected chi connectivity index (χ3v) is 7.89. The van der Waals surface area contributed by atoms with Gasteiger partial charge < -0.3 is 25.5 Å². The smallest absolute Gasteiger partial charge is 0.339 e. The number of aromatic carboxylic acids is 1. The van der Waals surface area contributed by atoms with Crippen molar-refractivity contribution in [2.24, 2.45) is 0 Å². The predicted octanol–water partition coefficient (Wildman–Crippen LogP) is 3.36. The van der Waals surface area contributed by atoms with Crippen LogP contribution < -0.4 is 10.8 Å². The van der Waals surface area contributed by atoms with Crippen molar-refractivity contribution in [3.63, 3.8) is 0 Å². The summed E-state index contributed by atoms with van der Waals surface area (Å²) in [5, 5.41) is 18.1. The number of quaternary nitrogens is 1. The Morgan fingerprint density at radius 2 is 1.41 bits per heavy atom. The summed E-state index contributed by atoms with van der Waals surface area (Å²) in [5.74, 6) is -2.25. The van der Waals surface area contributed by atoms with Crippen LogP contribution >= 0.6 is 63.7 Å². The molecule has 0 aliphatic rings. The van der Waals surface area contributed by atoms with E-state index in [9.17, 15) is 14.7 Å². The van der Waals surface area contributed by atoms with Crippen LogP contribution in [0.2, 0.25) is 0 Å². The molecule has 0 saturated carbocycles. The molecule has 0 aliphatic carbocycles. The lowest BCUT2D eigenvalue weighted by Crippen LogP contribution is -2.40. The average Bonchev–Trinajstić information content (AvgIpc) is 2.66. The Hall–Kier alpha value is -0.780. The Morgan fingerprint density at radius 1 is 0.963 bits per heavy atom. The summed E-state index contributed by atoms with van der Waals surface area (Å²) in [7, 11) is 2.16. The summed E-state index contributed by atoms with van der Waals surface area (Å²) in [4.78, 5) is 22.6. The molecule has 0 unspecified atom stereocenters. The van der Waals surface area contributed by atoms with Gasteiger partial charge in [-0.05, 0) is 76.7 Å². The Balaban J connectivity index is 0.000000562. The van der Waals surface area contributed by atoms with Crippen molar-refractivity contribution in [1.29, 1.82) is 0 Å². The van der Waals surface area contributed by atoms with Gasteiger partial charge in [-0.3, -0.25) is 0 Å². The van der Waals surface area contributed by atoms with Gasteiger partial charge in [0, 0.05) is 36.1 Å². The lowest BCUT2D eigenvalue weighted by Gasteiger charge is -2.16. The third-order valence-electron chi connectivity index (χ3n) is 3.12. The molecule has 0 radical (unpaired) electrons. The van der Waals surface area contributed by atoms with E-state index in [-0.39, 0.29) is 20.1 Å². The Labute approximate surface area is 190 Å². The number of aryl methyl sites for hydroxylation is 1. The number of carbonyl (C=O) groups excluding carboxylic acids is 2. The lowest BCUT2D eigenvalue weighted by molar-refractivity contribution is -0.256. The first-order valence-corrected chi connectivity index (χ1v) is 10.3. The van der Waals surface area contributed by atoms with Crippen LogP contribution in [0.4, 0.5) is 5.69 Å². The fourth-order valence-electron chi connectivity index (χ4n) is 1.73. The molecule has 6 nitrogen and oxygen atoms in total. The molecule has 0 atom stereocenters. The minimum Gasteiger partial charge on any atom is -0.545 e. The molecule has 0 aromatic heterocycles. The van der Waals surface area contributed by atoms with E-state index in [1.54, 1.807) is 0 Å². The van der Waals surface area contributed by atoms with Gasteiger partial charge >= 0.3 is 5.97 Å². The highest BCUT2D eigenvalue weighted by Gasteiger charge is 2.24. The number of aliphatic hydroxyl groups is 1. The third kappa shape index (κ3) is 6.95. The molecule has 4 N–H and O–H groups in total. The number of hydrogen-bond acceptors (Lipinski definition) is 5. The zero-order valence-electron chi connectivity index (χ0n) is 14.6. The molecule has 0 saturated heterocycles. The van der Waals surface area contributed by atoms with Crippen molar-refractivity contribution in [2.75, 3.05) is 14.2 Å². The largest absolute Gasteiger partial charge is 0.545 e. The maximum atomic E-state index is 11.6. The molecular weight excluding hydrogens is 618 g/mol. The minimum absolute atomic E-state index is 0.116. The van der Waals surface area contributed by atoms with Gasteiger partial charge in [-0.25, -0.2) is 4.79 Å². The van der Waals surface area contributed by atoms with E-state index in [1.165, 1.54) is 5.56 Å². The second-order valence-corrected chi connectivity index (χ2v) is 7.88. The second-order valence-electron chi connectivity index (χ2n) is 4.71. The van der Waals surface area contributed by atoms with Gasteiger partial charge in [0.25, 0.3) is 0 Å². The number of hydrogen-bond donors (Lipinski definition) is 2. The van der Waals surface area contributed by atoms with E-state index in [4.69, 9.17) is 5.11 Å². The summed E-state index contributed by atoms with van der Waals surface area (Å²) in [5.41, 5.74) is 5.80. The zero-order chi connectivity index (χ0) is 21.3. The molecule has 2 aromatic carbocycles. The minimum atomic E-state index is -1.48. The van der Waals surface area contributed by atoms with Crippen LogP contribution in [0.15, 0.2) is 42.2 Å². The van der Waals surface area contributed by atoms with Crippen LogP contribution in [0, 0.1) is 6.92 Å². The highest BCUT2D eigenvalue weighted by Crippen LogP contribution is 2.42. The van der Waals surface area contributed by atoms with Crippen LogP contribution in [0.25, 0.3) is 0 Å². The van der Waals surface area contributed by atoms with Crippen molar-refractivity contribution in [3.8, 4) is 0 Å².